The molecule has 1 aliphatic heterocycles. The van der Waals surface area contributed by atoms with Gasteiger partial charge >= 0.3 is 0 Å². The molecule has 1 aliphatic rings. The highest BCUT2D eigenvalue weighted by atomic mass is 16.5. The molecule has 7 heteroatoms. The number of ether oxygens (including phenoxy) is 1. The van der Waals surface area contributed by atoms with Crippen LogP contribution >= 0.6 is 0 Å². The maximum atomic E-state index is 12.1. The third-order valence-electron chi connectivity index (χ3n) is 5.10. The van der Waals surface area contributed by atoms with Gasteiger partial charge in [0.25, 0.3) is 0 Å². The van der Waals surface area contributed by atoms with Gasteiger partial charge in [-0.15, -0.1) is 0 Å². The van der Waals surface area contributed by atoms with Crippen molar-refractivity contribution in [3.63, 3.8) is 0 Å². The minimum absolute atomic E-state index is 0.0138. The second-order valence-electron chi connectivity index (χ2n) is 7.11. The van der Waals surface area contributed by atoms with Crippen LogP contribution in [-0.2, 0) is 35.1 Å². The van der Waals surface area contributed by atoms with Crippen molar-refractivity contribution in [3.8, 4) is 0 Å². The first-order chi connectivity index (χ1) is 12.5. The summed E-state index contributed by atoms with van der Waals surface area (Å²) in [4.78, 5) is 21.0. The van der Waals surface area contributed by atoms with E-state index in [-0.39, 0.29) is 11.5 Å². The maximum absolute atomic E-state index is 12.1. The maximum Gasteiger partial charge on any atom is 0.220 e. The van der Waals surface area contributed by atoms with Crippen molar-refractivity contribution in [2.45, 2.75) is 58.1 Å². The van der Waals surface area contributed by atoms with Crippen LogP contribution in [0.25, 0.3) is 0 Å². The van der Waals surface area contributed by atoms with Crippen molar-refractivity contribution in [3.05, 3.63) is 41.2 Å². The summed E-state index contributed by atoms with van der Waals surface area (Å²) in [5.41, 5.74) is 2.71. The van der Waals surface area contributed by atoms with Gasteiger partial charge in [-0.1, -0.05) is 0 Å². The Bertz CT molecular complexity index is 748. The lowest BCUT2D eigenvalue weighted by Crippen LogP contribution is -2.32. The number of nitrogens with one attached hydrogen (secondary N) is 1. The molecule has 1 fully saturated rings. The number of rotatable bonds is 6. The first kappa shape index (κ1) is 18.5. The summed E-state index contributed by atoms with van der Waals surface area (Å²) >= 11 is 0. The van der Waals surface area contributed by atoms with E-state index >= 15 is 0 Å². The number of nitrogens with zero attached hydrogens (tertiary/aromatic N) is 4. The van der Waals surface area contributed by atoms with Gasteiger partial charge in [0, 0.05) is 50.3 Å². The molecule has 0 unspecified atom stereocenters. The van der Waals surface area contributed by atoms with Crippen LogP contribution in [0.2, 0.25) is 0 Å². The van der Waals surface area contributed by atoms with Crippen LogP contribution in [-0.4, -0.2) is 32.3 Å². The molecule has 0 aliphatic carbocycles. The van der Waals surface area contributed by atoms with Gasteiger partial charge in [-0.2, -0.15) is 5.10 Å². The highest BCUT2D eigenvalue weighted by molar-refractivity contribution is 5.76. The summed E-state index contributed by atoms with van der Waals surface area (Å²) in [5.74, 6) is 0.735. The molecule has 0 aromatic carbocycles. The zero-order chi connectivity index (χ0) is 18.6. The smallest absolute Gasteiger partial charge is 0.220 e. The van der Waals surface area contributed by atoms with Gasteiger partial charge in [0.1, 0.15) is 5.60 Å². The van der Waals surface area contributed by atoms with Crippen molar-refractivity contribution >= 4 is 5.91 Å². The monoisotopic (exact) mass is 357 g/mol. The highest BCUT2D eigenvalue weighted by Gasteiger charge is 2.32. The molecule has 0 bridgehead atoms. The molecular formula is C19H27N5O2. The fraction of sp³-hybridized carbons (Fsp3) is 0.579. The van der Waals surface area contributed by atoms with E-state index in [4.69, 9.17) is 4.74 Å². The molecule has 1 atom stereocenters. The lowest BCUT2D eigenvalue weighted by molar-refractivity contribution is -0.121. The van der Waals surface area contributed by atoms with Crippen LogP contribution < -0.4 is 5.32 Å². The number of carbonyl (C=O) groups excluding carboxylic acids is 1. The molecule has 2 aromatic rings. The molecule has 0 radical (unpaired) electrons. The average Bonchev–Trinajstić information content (AvgIpc) is 2.97. The van der Waals surface area contributed by atoms with Crippen LogP contribution in [0, 0.1) is 6.92 Å². The normalized spacial score (nSPS) is 20.1. The predicted molar refractivity (Wildman–Crippen MR) is 97.3 cm³/mol. The SMILES string of the molecule is Cc1c(CCC(=O)NCc2cnc([C@]3(C)CCCCO3)nc2)cnn1C. The number of aromatic nitrogens is 4. The van der Waals surface area contributed by atoms with Gasteiger partial charge < -0.3 is 10.1 Å². The van der Waals surface area contributed by atoms with Crippen molar-refractivity contribution in [1.82, 2.24) is 25.1 Å². The van der Waals surface area contributed by atoms with Crippen LogP contribution in [0.15, 0.2) is 18.6 Å². The molecule has 0 spiro atoms. The Morgan fingerprint density at radius 1 is 1.31 bits per heavy atom. The van der Waals surface area contributed by atoms with Crippen LogP contribution in [0.5, 0.6) is 0 Å². The van der Waals surface area contributed by atoms with Gasteiger partial charge in [0.05, 0.1) is 6.20 Å². The van der Waals surface area contributed by atoms with Crippen molar-refractivity contribution in [1.29, 1.82) is 0 Å². The first-order valence-electron chi connectivity index (χ1n) is 9.17. The third-order valence-corrected chi connectivity index (χ3v) is 5.10. The summed E-state index contributed by atoms with van der Waals surface area (Å²) < 4.78 is 7.70. The fourth-order valence-electron chi connectivity index (χ4n) is 3.16. The molecule has 7 nitrogen and oxygen atoms in total. The Morgan fingerprint density at radius 3 is 2.69 bits per heavy atom. The summed E-state index contributed by atoms with van der Waals surface area (Å²) in [5, 5.41) is 7.12. The van der Waals surface area contributed by atoms with Crippen LogP contribution in [0.4, 0.5) is 0 Å². The molecule has 2 aromatic heterocycles. The molecule has 1 amide bonds. The number of aryl methyl sites for hydroxylation is 2. The Labute approximate surface area is 154 Å². The standard InChI is InChI=1S/C19H27N5O2/c1-14-16(13-23-24(14)3)6-7-17(25)20-10-15-11-21-18(22-12-15)19(2)8-4-5-9-26-19/h11-13H,4-10H2,1-3H3,(H,20,25)/t19-/m0/s1. The second-order valence-corrected chi connectivity index (χ2v) is 7.11. The van der Waals surface area contributed by atoms with Gasteiger partial charge in [-0.3, -0.25) is 9.48 Å². The molecule has 0 saturated carbocycles. The topological polar surface area (TPSA) is 81.9 Å². The van der Waals surface area contributed by atoms with E-state index in [0.717, 1.165) is 48.5 Å². The Balaban J connectivity index is 1.48. The zero-order valence-corrected chi connectivity index (χ0v) is 15.8. The third kappa shape index (κ3) is 4.27. The van der Waals surface area contributed by atoms with Gasteiger partial charge in [0.2, 0.25) is 5.91 Å². The molecular weight excluding hydrogens is 330 g/mol. The number of hydrogen-bond donors (Lipinski definition) is 1. The van der Waals surface area contributed by atoms with Crippen molar-refractivity contribution < 1.29 is 9.53 Å². The lowest BCUT2D eigenvalue weighted by Gasteiger charge is -2.32. The van der Waals surface area contributed by atoms with Crippen molar-refractivity contribution in [2.24, 2.45) is 7.05 Å². The minimum atomic E-state index is -0.387. The Morgan fingerprint density at radius 2 is 2.08 bits per heavy atom. The van der Waals surface area contributed by atoms with Gasteiger partial charge in [0.15, 0.2) is 5.82 Å². The van der Waals surface area contributed by atoms with E-state index in [1.165, 1.54) is 0 Å². The lowest BCUT2D eigenvalue weighted by atomic mass is 9.95. The summed E-state index contributed by atoms with van der Waals surface area (Å²) in [7, 11) is 1.90. The van der Waals surface area contributed by atoms with Gasteiger partial charge in [-0.05, 0) is 45.1 Å². The fourth-order valence-corrected chi connectivity index (χ4v) is 3.16. The largest absolute Gasteiger partial charge is 0.367 e. The molecule has 1 N–H and O–H groups in total. The van der Waals surface area contributed by atoms with E-state index in [1.54, 1.807) is 12.4 Å². The first-order valence-corrected chi connectivity index (χ1v) is 9.17. The molecule has 140 valence electrons. The van der Waals surface area contributed by atoms with Crippen LogP contribution in [0.1, 0.15) is 55.3 Å². The Hall–Kier alpha value is -2.28. The second kappa shape index (κ2) is 7.95. The number of carbonyl (C=O) groups is 1. The predicted octanol–water partition coefficient (Wildman–Crippen LogP) is 2.18. The highest BCUT2D eigenvalue weighted by Crippen LogP contribution is 2.32. The quantitative estimate of drug-likeness (QED) is 0.857. The van der Waals surface area contributed by atoms with Crippen molar-refractivity contribution in [2.75, 3.05) is 6.61 Å². The summed E-state index contributed by atoms with van der Waals surface area (Å²) in [6.07, 6.45) is 9.68. The molecule has 3 rings (SSSR count). The number of hydrogen-bond acceptors (Lipinski definition) is 5. The van der Waals surface area contributed by atoms with Gasteiger partial charge in [-0.25, -0.2) is 9.97 Å². The van der Waals surface area contributed by atoms with E-state index in [9.17, 15) is 4.79 Å². The average molecular weight is 357 g/mol. The van der Waals surface area contributed by atoms with Crippen LogP contribution in [0.3, 0.4) is 0 Å². The zero-order valence-electron chi connectivity index (χ0n) is 15.8. The van der Waals surface area contributed by atoms with E-state index in [1.807, 2.05) is 31.8 Å². The summed E-state index contributed by atoms with van der Waals surface area (Å²) in [6.45, 7) is 5.25. The molecule has 3 heterocycles. The minimum Gasteiger partial charge on any atom is -0.367 e. The van der Waals surface area contributed by atoms with E-state index < -0.39 is 0 Å². The van der Waals surface area contributed by atoms with E-state index in [0.29, 0.717) is 19.4 Å². The Kier molecular flexibility index (Phi) is 5.66. The molecule has 26 heavy (non-hydrogen) atoms. The molecule has 1 saturated heterocycles. The van der Waals surface area contributed by atoms with E-state index in [2.05, 4.69) is 20.4 Å². The summed E-state index contributed by atoms with van der Waals surface area (Å²) in [6, 6.07) is 0. The number of amides is 1.